The van der Waals surface area contributed by atoms with Crippen molar-refractivity contribution in [3.8, 4) is 0 Å². The van der Waals surface area contributed by atoms with E-state index >= 15 is 0 Å². The Kier molecular flexibility index (Phi) is 3.78. The maximum absolute atomic E-state index is 12.5. The van der Waals surface area contributed by atoms with E-state index in [1.165, 1.54) is 15.7 Å². The second-order valence-electron chi connectivity index (χ2n) is 6.22. The van der Waals surface area contributed by atoms with Crippen LogP contribution in [0.15, 0.2) is 6.20 Å². The molecule has 1 N–H and O–H groups in total. The third-order valence-corrected chi connectivity index (χ3v) is 4.92. The van der Waals surface area contributed by atoms with Crippen LogP contribution in [0.25, 0.3) is 0 Å². The highest BCUT2D eigenvalue weighted by atomic mass is 16.6. The molecular formula is C14H18N4O5. The molecule has 1 aromatic rings. The molecule has 2 fully saturated rings. The Morgan fingerprint density at radius 2 is 2.22 bits per heavy atom. The lowest BCUT2D eigenvalue weighted by atomic mass is 9.94. The number of carboxylic acids is 1. The average Bonchev–Trinajstić information content (AvgIpc) is 3.12. The van der Waals surface area contributed by atoms with Crippen LogP contribution in [-0.2, 0) is 16.1 Å². The number of carbonyl (C=O) groups is 2. The quantitative estimate of drug-likeness (QED) is 0.647. The van der Waals surface area contributed by atoms with Gasteiger partial charge < -0.3 is 20.1 Å². The van der Waals surface area contributed by atoms with Crippen molar-refractivity contribution in [3.05, 3.63) is 22.1 Å². The Morgan fingerprint density at radius 1 is 1.48 bits per heavy atom. The van der Waals surface area contributed by atoms with Crippen LogP contribution in [0.5, 0.6) is 0 Å². The van der Waals surface area contributed by atoms with Crippen LogP contribution in [0.2, 0.25) is 0 Å². The summed E-state index contributed by atoms with van der Waals surface area (Å²) in [4.78, 5) is 39.4. The first kappa shape index (κ1) is 15.4. The van der Waals surface area contributed by atoms with Gasteiger partial charge in [0.15, 0.2) is 0 Å². The summed E-state index contributed by atoms with van der Waals surface area (Å²) in [6.07, 6.45) is 4.00. The summed E-state index contributed by atoms with van der Waals surface area (Å²) in [5.74, 6) is -0.990. The van der Waals surface area contributed by atoms with Gasteiger partial charge in [-0.25, -0.2) is 4.79 Å². The summed E-state index contributed by atoms with van der Waals surface area (Å²) in [5, 5.41) is 20.2. The van der Waals surface area contributed by atoms with E-state index in [1.54, 1.807) is 6.92 Å². The molecule has 1 saturated heterocycles. The molecule has 1 aromatic heterocycles. The van der Waals surface area contributed by atoms with Crippen molar-refractivity contribution >= 4 is 17.7 Å². The van der Waals surface area contributed by atoms with Crippen molar-refractivity contribution in [3.63, 3.8) is 0 Å². The van der Waals surface area contributed by atoms with Crippen LogP contribution in [0, 0.1) is 28.9 Å². The Labute approximate surface area is 132 Å². The van der Waals surface area contributed by atoms with Gasteiger partial charge in [-0.05, 0) is 34.6 Å². The molecule has 2 aliphatic rings. The first-order chi connectivity index (χ1) is 10.9. The fourth-order valence-electron chi connectivity index (χ4n) is 3.85. The second-order valence-corrected chi connectivity index (χ2v) is 6.22. The summed E-state index contributed by atoms with van der Waals surface area (Å²) in [6, 6.07) is -0.784. The molecule has 3 rings (SSSR count). The van der Waals surface area contributed by atoms with Crippen molar-refractivity contribution in [2.24, 2.45) is 11.8 Å². The van der Waals surface area contributed by atoms with E-state index in [-0.39, 0.29) is 30.1 Å². The summed E-state index contributed by atoms with van der Waals surface area (Å²) >= 11 is 0. The molecule has 23 heavy (non-hydrogen) atoms. The summed E-state index contributed by atoms with van der Waals surface area (Å²) in [6.45, 7) is 1.90. The minimum Gasteiger partial charge on any atom is -0.480 e. The summed E-state index contributed by atoms with van der Waals surface area (Å²) < 4.78 is 1.40. The highest BCUT2D eigenvalue weighted by Crippen LogP contribution is 2.42. The molecule has 1 aliphatic carbocycles. The minimum absolute atomic E-state index is 0.0228. The molecule has 0 spiro atoms. The van der Waals surface area contributed by atoms with Gasteiger partial charge in [-0.3, -0.25) is 9.36 Å². The van der Waals surface area contributed by atoms with Gasteiger partial charge in [0.2, 0.25) is 11.7 Å². The van der Waals surface area contributed by atoms with Crippen LogP contribution >= 0.6 is 0 Å². The van der Waals surface area contributed by atoms with Crippen LogP contribution < -0.4 is 0 Å². The molecule has 0 radical (unpaired) electrons. The highest BCUT2D eigenvalue weighted by Gasteiger charge is 2.49. The lowest BCUT2D eigenvalue weighted by Gasteiger charge is -2.24. The number of carbonyl (C=O) groups excluding carboxylic acids is 1. The first-order valence-corrected chi connectivity index (χ1v) is 7.59. The fourth-order valence-corrected chi connectivity index (χ4v) is 3.85. The zero-order chi connectivity index (χ0) is 16.7. The number of nitro groups is 1. The number of hydrogen-bond donors (Lipinski definition) is 1. The van der Waals surface area contributed by atoms with Gasteiger partial charge >= 0.3 is 11.8 Å². The smallest absolute Gasteiger partial charge is 0.381 e. The maximum Gasteiger partial charge on any atom is 0.381 e. The Bertz CT molecular complexity index is 670. The molecule has 9 heteroatoms. The van der Waals surface area contributed by atoms with E-state index in [0.717, 1.165) is 19.3 Å². The Hall–Kier alpha value is -2.45. The number of likely N-dealkylation sites (tertiary alicyclic amines) is 1. The minimum atomic E-state index is -0.971. The normalized spacial score (nSPS) is 26.3. The number of carboxylic acid groups (broad SMARTS) is 1. The molecule has 3 unspecified atom stereocenters. The second kappa shape index (κ2) is 5.64. The van der Waals surface area contributed by atoms with Gasteiger partial charge in [-0.15, -0.1) is 0 Å². The van der Waals surface area contributed by atoms with Crippen LogP contribution in [0.3, 0.4) is 0 Å². The van der Waals surface area contributed by atoms with E-state index in [9.17, 15) is 24.8 Å². The maximum atomic E-state index is 12.5. The van der Waals surface area contributed by atoms with Crippen molar-refractivity contribution in [1.29, 1.82) is 0 Å². The third-order valence-electron chi connectivity index (χ3n) is 4.92. The van der Waals surface area contributed by atoms with Crippen molar-refractivity contribution in [1.82, 2.24) is 14.5 Å². The topological polar surface area (TPSA) is 119 Å². The molecule has 1 aliphatic heterocycles. The van der Waals surface area contributed by atoms with Gasteiger partial charge in [-0.2, -0.15) is 0 Å². The number of aryl methyl sites for hydroxylation is 1. The van der Waals surface area contributed by atoms with Crippen LogP contribution in [-0.4, -0.2) is 48.9 Å². The summed E-state index contributed by atoms with van der Waals surface area (Å²) in [7, 11) is 0. The Morgan fingerprint density at radius 3 is 2.83 bits per heavy atom. The number of aliphatic carboxylic acids is 1. The largest absolute Gasteiger partial charge is 0.480 e. The molecule has 1 saturated carbocycles. The molecule has 0 aromatic carbocycles. The van der Waals surface area contributed by atoms with Crippen molar-refractivity contribution < 1.29 is 19.6 Å². The molecule has 3 atom stereocenters. The van der Waals surface area contributed by atoms with Gasteiger partial charge in [0, 0.05) is 13.5 Å². The molecule has 9 nitrogen and oxygen atoms in total. The highest BCUT2D eigenvalue weighted by molar-refractivity contribution is 5.84. The number of nitrogens with zero attached hydrogens (tertiary/aromatic N) is 4. The van der Waals surface area contributed by atoms with E-state index in [2.05, 4.69) is 4.98 Å². The van der Waals surface area contributed by atoms with Gasteiger partial charge in [0.1, 0.15) is 18.8 Å². The molecule has 1 amide bonds. The number of hydrogen-bond acceptors (Lipinski definition) is 5. The van der Waals surface area contributed by atoms with Crippen LogP contribution in [0.4, 0.5) is 5.82 Å². The zero-order valence-corrected chi connectivity index (χ0v) is 12.7. The number of imidazole rings is 1. The molecule has 0 bridgehead atoms. The van der Waals surface area contributed by atoms with E-state index in [0.29, 0.717) is 12.4 Å². The van der Waals surface area contributed by atoms with E-state index < -0.39 is 16.9 Å². The van der Waals surface area contributed by atoms with Crippen LogP contribution in [0.1, 0.15) is 25.1 Å². The van der Waals surface area contributed by atoms with Crippen molar-refractivity contribution in [2.75, 3.05) is 6.54 Å². The molecule has 2 heterocycles. The van der Waals surface area contributed by atoms with Gasteiger partial charge in [0.05, 0.1) is 0 Å². The standard InChI is InChI=1S/C14H18N4O5/c1-8-15-11(18(22)23)6-16(8)7-12(19)17-5-9-3-2-4-10(9)13(17)14(20)21/h6,9-10,13H,2-5,7H2,1H3,(H,20,21). The lowest BCUT2D eigenvalue weighted by Crippen LogP contribution is -2.44. The monoisotopic (exact) mass is 322 g/mol. The number of amides is 1. The van der Waals surface area contributed by atoms with E-state index in [4.69, 9.17) is 0 Å². The summed E-state index contributed by atoms with van der Waals surface area (Å²) in [5.41, 5.74) is 0. The van der Waals surface area contributed by atoms with E-state index in [1.807, 2.05) is 0 Å². The Balaban J connectivity index is 1.77. The molecule has 124 valence electrons. The SMILES string of the molecule is Cc1nc([N+](=O)[O-])cn1CC(=O)N1CC2CCCC2C1C(=O)O. The number of rotatable bonds is 4. The predicted octanol–water partition coefficient (Wildman–Crippen LogP) is 0.811. The van der Waals surface area contributed by atoms with Crippen molar-refractivity contribution in [2.45, 2.75) is 38.8 Å². The number of aromatic nitrogens is 2. The first-order valence-electron chi connectivity index (χ1n) is 7.59. The third kappa shape index (κ3) is 2.66. The zero-order valence-electron chi connectivity index (χ0n) is 12.7. The number of fused-ring (bicyclic) bond motifs is 1. The fraction of sp³-hybridized carbons (Fsp3) is 0.643. The average molecular weight is 322 g/mol. The lowest BCUT2D eigenvalue weighted by molar-refractivity contribution is -0.389. The molecular weight excluding hydrogens is 304 g/mol. The van der Waals surface area contributed by atoms with Gasteiger partial charge in [0.25, 0.3) is 0 Å². The van der Waals surface area contributed by atoms with Gasteiger partial charge in [-0.1, -0.05) is 6.42 Å². The predicted molar refractivity (Wildman–Crippen MR) is 77.6 cm³/mol.